The van der Waals surface area contributed by atoms with E-state index >= 15 is 0 Å². The predicted molar refractivity (Wildman–Crippen MR) is 105 cm³/mol. The van der Waals surface area contributed by atoms with Gasteiger partial charge in [-0.25, -0.2) is 13.9 Å². The van der Waals surface area contributed by atoms with Crippen LogP contribution >= 0.6 is 0 Å². The monoisotopic (exact) mass is 371 g/mol. The zero-order valence-electron chi connectivity index (χ0n) is 15.4. The van der Waals surface area contributed by atoms with Gasteiger partial charge in [-0.2, -0.15) is 5.10 Å². The number of carbonyl (C=O) groups excluding carboxylic acids is 1. The second-order valence-corrected chi connectivity index (χ2v) is 7.26. The molecule has 0 spiro atoms. The average molecular weight is 371 g/mol. The first-order valence-corrected chi connectivity index (χ1v) is 9.33. The maximum absolute atomic E-state index is 13.3. The van der Waals surface area contributed by atoms with Gasteiger partial charge < -0.3 is 0 Å². The summed E-state index contributed by atoms with van der Waals surface area (Å²) in [6.07, 6.45) is 2.88. The Bertz CT molecular complexity index is 1200. The van der Waals surface area contributed by atoms with Gasteiger partial charge in [0.1, 0.15) is 5.82 Å². The second-order valence-electron chi connectivity index (χ2n) is 7.26. The van der Waals surface area contributed by atoms with Crippen LogP contribution in [0.4, 0.5) is 4.39 Å². The molecule has 4 nitrogen and oxygen atoms in total. The lowest BCUT2D eigenvalue weighted by Gasteiger charge is -2.24. The molecule has 0 N–H and O–H groups in total. The minimum atomic E-state index is -0.278. The number of benzene rings is 2. The molecule has 1 aliphatic rings. The summed E-state index contributed by atoms with van der Waals surface area (Å²) in [5, 5.41) is 4.70. The van der Waals surface area contributed by atoms with E-state index in [-0.39, 0.29) is 17.5 Å². The van der Waals surface area contributed by atoms with Gasteiger partial charge in [0, 0.05) is 18.2 Å². The Morgan fingerprint density at radius 2 is 1.79 bits per heavy atom. The highest BCUT2D eigenvalue weighted by molar-refractivity contribution is 5.99. The third-order valence-electron chi connectivity index (χ3n) is 5.49. The highest BCUT2D eigenvalue weighted by atomic mass is 19.1. The number of halogens is 1. The van der Waals surface area contributed by atoms with Crippen LogP contribution in [-0.2, 0) is 6.42 Å². The molecular formula is C23H18FN3O. The van der Waals surface area contributed by atoms with Crippen molar-refractivity contribution in [1.82, 2.24) is 14.6 Å². The van der Waals surface area contributed by atoms with Crippen molar-refractivity contribution in [3.05, 3.63) is 89.1 Å². The van der Waals surface area contributed by atoms with Crippen LogP contribution in [0.1, 0.15) is 39.6 Å². The first-order chi connectivity index (χ1) is 13.6. The van der Waals surface area contributed by atoms with E-state index in [1.807, 2.05) is 25.1 Å². The van der Waals surface area contributed by atoms with Gasteiger partial charge in [0.25, 0.3) is 0 Å². The molecule has 2 aromatic carbocycles. The number of hydrogen-bond donors (Lipinski definition) is 0. The molecule has 1 atom stereocenters. The summed E-state index contributed by atoms with van der Waals surface area (Å²) >= 11 is 0. The molecule has 2 aromatic heterocycles. The van der Waals surface area contributed by atoms with Crippen LogP contribution in [0.25, 0.3) is 16.8 Å². The normalized spacial score (nSPS) is 16.4. The summed E-state index contributed by atoms with van der Waals surface area (Å²) in [6, 6.07) is 16.5. The van der Waals surface area contributed by atoms with Crippen molar-refractivity contribution in [2.24, 2.45) is 0 Å². The van der Waals surface area contributed by atoms with Crippen molar-refractivity contribution in [2.45, 2.75) is 25.7 Å². The molecule has 0 saturated carbocycles. The molecule has 0 aliphatic heterocycles. The number of aryl methyl sites for hydroxylation is 1. The van der Waals surface area contributed by atoms with Crippen LogP contribution in [0.5, 0.6) is 0 Å². The van der Waals surface area contributed by atoms with Crippen molar-refractivity contribution in [3.63, 3.8) is 0 Å². The molecule has 1 aliphatic carbocycles. The van der Waals surface area contributed by atoms with Gasteiger partial charge in [0.15, 0.2) is 11.4 Å². The molecule has 138 valence electrons. The zero-order chi connectivity index (χ0) is 19.3. The average Bonchev–Trinajstić information content (AvgIpc) is 3.05. The van der Waals surface area contributed by atoms with E-state index in [1.165, 1.54) is 12.1 Å². The molecule has 0 bridgehead atoms. The van der Waals surface area contributed by atoms with Crippen LogP contribution in [0.15, 0.2) is 60.8 Å². The minimum absolute atomic E-state index is 0.0981. The smallest absolute Gasteiger partial charge is 0.166 e. The van der Waals surface area contributed by atoms with Gasteiger partial charge in [-0.05, 0) is 42.5 Å². The van der Waals surface area contributed by atoms with E-state index in [0.717, 1.165) is 34.5 Å². The third-order valence-corrected chi connectivity index (χ3v) is 5.49. The molecule has 4 aromatic rings. The summed E-state index contributed by atoms with van der Waals surface area (Å²) in [5.41, 5.74) is 5.94. The van der Waals surface area contributed by atoms with E-state index in [1.54, 1.807) is 22.8 Å². The summed E-state index contributed by atoms with van der Waals surface area (Å²) in [5.74, 6) is -0.0499. The number of carbonyl (C=O) groups is 1. The van der Waals surface area contributed by atoms with E-state index in [9.17, 15) is 9.18 Å². The Morgan fingerprint density at radius 1 is 1.04 bits per heavy atom. The number of nitrogens with zero attached hydrogens (tertiary/aromatic N) is 3. The molecule has 28 heavy (non-hydrogen) atoms. The fourth-order valence-corrected chi connectivity index (χ4v) is 4.12. The van der Waals surface area contributed by atoms with Gasteiger partial charge in [0.2, 0.25) is 0 Å². The van der Waals surface area contributed by atoms with Gasteiger partial charge in [0.05, 0.1) is 17.0 Å². The van der Waals surface area contributed by atoms with Crippen molar-refractivity contribution in [1.29, 1.82) is 0 Å². The zero-order valence-corrected chi connectivity index (χ0v) is 15.4. The van der Waals surface area contributed by atoms with Crippen LogP contribution in [0, 0.1) is 12.7 Å². The molecule has 2 heterocycles. The molecular weight excluding hydrogens is 353 g/mol. The fraction of sp³-hybridized carbons (Fsp3) is 0.174. The van der Waals surface area contributed by atoms with Crippen molar-refractivity contribution >= 4 is 11.4 Å². The molecule has 0 fully saturated rings. The minimum Gasteiger partial charge on any atom is -0.294 e. The van der Waals surface area contributed by atoms with Crippen molar-refractivity contribution in [3.8, 4) is 11.1 Å². The van der Waals surface area contributed by atoms with Gasteiger partial charge >= 0.3 is 0 Å². The Labute approximate surface area is 161 Å². The van der Waals surface area contributed by atoms with Gasteiger partial charge in [-0.1, -0.05) is 42.5 Å². The van der Waals surface area contributed by atoms with E-state index < -0.39 is 0 Å². The van der Waals surface area contributed by atoms with Crippen LogP contribution < -0.4 is 0 Å². The van der Waals surface area contributed by atoms with E-state index in [2.05, 4.69) is 17.1 Å². The van der Waals surface area contributed by atoms with Crippen LogP contribution in [0.3, 0.4) is 0 Å². The Balaban J connectivity index is 1.67. The number of hydrogen-bond acceptors (Lipinski definition) is 3. The summed E-state index contributed by atoms with van der Waals surface area (Å²) in [6.45, 7) is 1.92. The second kappa shape index (κ2) is 6.37. The molecule has 0 unspecified atom stereocenters. The third kappa shape index (κ3) is 2.62. The fourth-order valence-electron chi connectivity index (χ4n) is 4.12. The lowest BCUT2D eigenvalue weighted by Crippen LogP contribution is -2.22. The number of fused-ring (bicyclic) bond motifs is 3. The van der Waals surface area contributed by atoms with E-state index in [4.69, 9.17) is 5.10 Å². The Hall–Kier alpha value is -3.34. The van der Waals surface area contributed by atoms with Crippen LogP contribution in [0.2, 0.25) is 0 Å². The summed E-state index contributed by atoms with van der Waals surface area (Å²) in [4.78, 5) is 17.3. The lowest BCUT2D eigenvalue weighted by molar-refractivity contribution is 0.0962. The predicted octanol–water partition coefficient (Wildman–Crippen LogP) is 4.76. The topological polar surface area (TPSA) is 47.3 Å². The number of ketones is 1. The molecule has 0 amide bonds. The first-order valence-electron chi connectivity index (χ1n) is 9.33. The Kier molecular flexibility index (Phi) is 3.83. The highest BCUT2D eigenvalue weighted by Gasteiger charge is 2.30. The largest absolute Gasteiger partial charge is 0.294 e. The van der Waals surface area contributed by atoms with Gasteiger partial charge in [-0.15, -0.1) is 0 Å². The number of Topliss-reactive ketones (excluding diaryl/α,β-unsaturated/α-hetero) is 1. The Morgan fingerprint density at radius 3 is 2.54 bits per heavy atom. The molecule has 5 heteroatoms. The van der Waals surface area contributed by atoms with Crippen molar-refractivity contribution < 1.29 is 9.18 Å². The molecule has 5 rings (SSSR count). The quantitative estimate of drug-likeness (QED) is 0.511. The SMILES string of the molecule is Cc1nn2c3c(cnc2c1-c1ccc(F)cc1)C(=O)C[C@H](c1ccccc1)C3. The summed E-state index contributed by atoms with van der Waals surface area (Å²) < 4.78 is 15.1. The summed E-state index contributed by atoms with van der Waals surface area (Å²) in [7, 11) is 0. The molecule has 0 saturated heterocycles. The highest BCUT2D eigenvalue weighted by Crippen LogP contribution is 2.35. The maximum Gasteiger partial charge on any atom is 0.166 e. The number of aromatic nitrogens is 3. The van der Waals surface area contributed by atoms with Crippen molar-refractivity contribution in [2.75, 3.05) is 0 Å². The molecule has 0 radical (unpaired) electrons. The standard InChI is InChI=1S/C23H18FN3O/c1-14-22(16-7-9-18(24)10-8-16)23-25-13-19-20(27(23)26-14)11-17(12-21(19)28)15-5-3-2-4-6-15/h2-10,13,17H,11-12H2,1H3/t17-/m1/s1. The maximum atomic E-state index is 13.3. The lowest BCUT2D eigenvalue weighted by atomic mass is 9.82. The first kappa shape index (κ1) is 16.8. The van der Waals surface area contributed by atoms with E-state index in [0.29, 0.717) is 17.6 Å². The van der Waals surface area contributed by atoms with Crippen LogP contribution in [-0.4, -0.2) is 20.4 Å². The number of rotatable bonds is 2. The van der Waals surface area contributed by atoms with Gasteiger partial charge in [-0.3, -0.25) is 4.79 Å².